The highest BCUT2D eigenvalue weighted by Gasteiger charge is 2.05. The standard InChI is InChI=1S/C13H13N3OS/c1-9-10(2)18-13(15-9)16-12(17)6-5-11-4-3-7-14-8-11/h3-8H,1-2H3,(H,15,16,17). The van der Waals surface area contributed by atoms with Gasteiger partial charge in [-0.2, -0.15) is 0 Å². The van der Waals surface area contributed by atoms with Crippen LogP contribution in [0.2, 0.25) is 0 Å². The van der Waals surface area contributed by atoms with Crippen LogP contribution in [0.5, 0.6) is 0 Å². The van der Waals surface area contributed by atoms with Crippen molar-refractivity contribution in [3.05, 3.63) is 46.7 Å². The van der Waals surface area contributed by atoms with Crippen LogP contribution in [0, 0.1) is 13.8 Å². The maximum absolute atomic E-state index is 11.7. The van der Waals surface area contributed by atoms with Crippen LogP contribution in [0.15, 0.2) is 30.6 Å². The summed E-state index contributed by atoms with van der Waals surface area (Å²) in [5.74, 6) is -0.187. The van der Waals surface area contributed by atoms with Crippen LogP contribution in [0.25, 0.3) is 6.08 Å². The van der Waals surface area contributed by atoms with E-state index in [0.717, 1.165) is 16.1 Å². The maximum Gasteiger partial charge on any atom is 0.250 e. The first-order valence-corrected chi connectivity index (χ1v) is 6.30. The SMILES string of the molecule is Cc1nc(NC(=O)C=Cc2cccnc2)sc1C. The molecule has 0 saturated heterocycles. The van der Waals surface area contributed by atoms with Crippen molar-refractivity contribution in [1.29, 1.82) is 0 Å². The van der Waals surface area contributed by atoms with Gasteiger partial charge >= 0.3 is 0 Å². The molecule has 2 aromatic rings. The first kappa shape index (κ1) is 12.4. The molecule has 0 fully saturated rings. The summed E-state index contributed by atoms with van der Waals surface area (Å²) in [5.41, 5.74) is 1.84. The van der Waals surface area contributed by atoms with Crippen LogP contribution in [-0.2, 0) is 4.79 Å². The molecule has 4 nitrogen and oxygen atoms in total. The van der Waals surface area contributed by atoms with Crippen LogP contribution in [0.3, 0.4) is 0 Å². The molecule has 2 aromatic heterocycles. The Kier molecular flexibility index (Phi) is 3.84. The molecule has 0 saturated carbocycles. The number of hydrogen-bond acceptors (Lipinski definition) is 4. The molecule has 0 atom stereocenters. The Hall–Kier alpha value is -2.01. The molecule has 0 spiro atoms. The average molecular weight is 259 g/mol. The van der Waals surface area contributed by atoms with Crippen LogP contribution >= 0.6 is 11.3 Å². The predicted octanol–water partition coefficient (Wildman–Crippen LogP) is 2.81. The minimum absolute atomic E-state index is 0.187. The molecule has 0 unspecified atom stereocenters. The number of carbonyl (C=O) groups excluding carboxylic acids is 1. The maximum atomic E-state index is 11.7. The Morgan fingerprint density at radius 1 is 1.44 bits per heavy atom. The van der Waals surface area contributed by atoms with Crippen molar-refractivity contribution < 1.29 is 4.79 Å². The average Bonchev–Trinajstić information content (AvgIpc) is 2.67. The van der Waals surface area contributed by atoms with Crippen molar-refractivity contribution in [2.75, 3.05) is 5.32 Å². The van der Waals surface area contributed by atoms with Crippen molar-refractivity contribution in [3.8, 4) is 0 Å². The summed E-state index contributed by atoms with van der Waals surface area (Å²) in [4.78, 5) is 21.0. The number of aryl methyl sites for hydroxylation is 2. The van der Waals surface area contributed by atoms with Gasteiger partial charge in [0.2, 0.25) is 5.91 Å². The van der Waals surface area contributed by atoms with Gasteiger partial charge in [0, 0.05) is 23.3 Å². The third kappa shape index (κ3) is 3.24. The number of nitrogens with zero attached hydrogens (tertiary/aromatic N) is 2. The lowest BCUT2D eigenvalue weighted by Gasteiger charge is -1.95. The highest BCUT2D eigenvalue weighted by molar-refractivity contribution is 7.15. The van der Waals surface area contributed by atoms with Gasteiger partial charge < -0.3 is 0 Å². The first-order valence-electron chi connectivity index (χ1n) is 5.48. The fourth-order valence-electron chi connectivity index (χ4n) is 1.32. The smallest absolute Gasteiger partial charge is 0.250 e. The van der Waals surface area contributed by atoms with Gasteiger partial charge in [-0.1, -0.05) is 6.07 Å². The van der Waals surface area contributed by atoms with Crippen LogP contribution < -0.4 is 5.32 Å². The van der Waals surface area contributed by atoms with Gasteiger partial charge in [0.05, 0.1) is 5.69 Å². The van der Waals surface area contributed by atoms with E-state index < -0.39 is 0 Å². The van der Waals surface area contributed by atoms with Crippen LogP contribution in [0.4, 0.5) is 5.13 Å². The molecule has 0 radical (unpaired) electrons. The summed E-state index contributed by atoms with van der Waals surface area (Å²) in [7, 11) is 0. The number of aromatic nitrogens is 2. The number of pyridine rings is 1. The number of anilines is 1. The summed E-state index contributed by atoms with van der Waals surface area (Å²) in [6.07, 6.45) is 6.58. The third-order valence-corrected chi connectivity index (χ3v) is 3.36. The molecular formula is C13H13N3OS. The van der Waals surface area contributed by atoms with E-state index in [1.54, 1.807) is 18.5 Å². The van der Waals surface area contributed by atoms with E-state index in [4.69, 9.17) is 0 Å². The van der Waals surface area contributed by atoms with Gasteiger partial charge in [-0.3, -0.25) is 15.1 Å². The number of nitrogens with one attached hydrogen (secondary N) is 1. The Labute approximate surface area is 109 Å². The van der Waals surface area contributed by atoms with E-state index in [9.17, 15) is 4.79 Å². The number of carbonyl (C=O) groups is 1. The third-order valence-electron chi connectivity index (χ3n) is 2.37. The quantitative estimate of drug-likeness (QED) is 0.862. The molecule has 0 aliphatic carbocycles. The van der Waals surface area contributed by atoms with Crippen LogP contribution in [0.1, 0.15) is 16.1 Å². The molecule has 1 N–H and O–H groups in total. The Morgan fingerprint density at radius 3 is 2.89 bits per heavy atom. The normalized spacial score (nSPS) is 10.8. The lowest BCUT2D eigenvalue weighted by molar-refractivity contribution is -0.111. The second-order valence-electron chi connectivity index (χ2n) is 3.77. The van der Waals surface area contributed by atoms with E-state index in [0.29, 0.717) is 5.13 Å². The summed E-state index contributed by atoms with van der Waals surface area (Å²) in [5, 5.41) is 3.37. The van der Waals surface area contributed by atoms with Gasteiger partial charge in [0.15, 0.2) is 5.13 Å². The molecule has 18 heavy (non-hydrogen) atoms. The van der Waals surface area contributed by atoms with E-state index in [2.05, 4.69) is 15.3 Å². The number of rotatable bonds is 3. The van der Waals surface area contributed by atoms with Gasteiger partial charge in [-0.05, 0) is 31.6 Å². The molecule has 0 aliphatic rings. The second-order valence-corrected chi connectivity index (χ2v) is 4.97. The zero-order valence-electron chi connectivity index (χ0n) is 10.2. The van der Waals surface area contributed by atoms with Crippen molar-refractivity contribution in [3.63, 3.8) is 0 Å². The Balaban J connectivity index is 1.99. The van der Waals surface area contributed by atoms with Crippen molar-refractivity contribution in [2.24, 2.45) is 0 Å². The minimum atomic E-state index is -0.187. The lowest BCUT2D eigenvalue weighted by atomic mass is 10.2. The number of hydrogen-bond donors (Lipinski definition) is 1. The fraction of sp³-hybridized carbons (Fsp3) is 0.154. The van der Waals surface area contributed by atoms with Gasteiger partial charge in [0.25, 0.3) is 0 Å². The van der Waals surface area contributed by atoms with Gasteiger partial charge in [0.1, 0.15) is 0 Å². The number of thiazole rings is 1. The minimum Gasteiger partial charge on any atom is -0.298 e. The van der Waals surface area contributed by atoms with E-state index in [-0.39, 0.29) is 5.91 Å². The topological polar surface area (TPSA) is 54.9 Å². The number of amides is 1. The fourth-order valence-corrected chi connectivity index (χ4v) is 2.14. The molecule has 0 aromatic carbocycles. The molecule has 2 rings (SSSR count). The molecule has 0 aliphatic heterocycles. The summed E-state index contributed by atoms with van der Waals surface area (Å²) < 4.78 is 0. The highest BCUT2D eigenvalue weighted by atomic mass is 32.1. The Bertz CT molecular complexity index is 556. The monoisotopic (exact) mass is 259 g/mol. The van der Waals surface area contributed by atoms with E-state index >= 15 is 0 Å². The molecular weight excluding hydrogens is 246 g/mol. The van der Waals surface area contributed by atoms with Crippen molar-refractivity contribution in [1.82, 2.24) is 9.97 Å². The molecule has 0 bridgehead atoms. The van der Waals surface area contributed by atoms with E-state index in [1.807, 2.05) is 26.0 Å². The van der Waals surface area contributed by atoms with Crippen molar-refractivity contribution in [2.45, 2.75) is 13.8 Å². The molecule has 92 valence electrons. The van der Waals surface area contributed by atoms with Crippen molar-refractivity contribution >= 4 is 28.5 Å². The van der Waals surface area contributed by atoms with Crippen LogP contribution in [-0.4, -0.2) is 15.9 Å². The van der Waals surface area contributed by atoms with Gasteiger partial charge in [-0.25, -0.2) is 4.98 Å². The highest BCUT2D eigenvalue weighted by Crippen LogP contribution is 2.20. The largest absolute Gasteiger partial charge is 0.298 e. The zero-order chi connectivity index (χ0) is 13.0. The van der Waals surface area contributed by atoms with E-state index in [1.165, 1.54) is 17.4 Å². The van der Waals surface area contributed by atoms with Gasteiger partial charge in [-0.15, -0.1) is 11.3 Å². The molecule has 2 heterocycles. The summed E-state index contributed by atoms with van der Waals surface area (Å²) in [6, 6.07) is 3.71. The summed E-state index contributed by atoms with van der Waals surface area (Å²) >= 11 is 1.48. The molecule has 1 amide bonds. The lowest BCUT2D eigenvalue weighted by Crippen LogP contribution is -2.07. The first-order chi connectivity index (χ1) is 8.65. The Morgan fingerprint density at radius 2 is 2.28 bits per heavy atom. The zero-order valence-corrected chi connectivity index (χ0v) is 11.0. The predicted molar refractivity (Wildman–Crippen MR) is 73.5 cm³/mol. The molecule has 5 heteroatoms. The summed E-state index contributed by atoms with van der Waals surface area (Å²) in [6.45, 7) is 3.90. The second kappa shape index (κ2) is 5.55.